The van der Waals surface area contributed by atoms with Gasteiger partial charge >= 0.3 is 0 Å². The van der Waals surface area contributed by atoms with Gasteiger partial charge in [-0.1, -0.05) is 23.6 Å². The molecule has 0 saturated heterocycles. The average molecular weight is 166 g/mol. The van der Waals surface area contributed by atoms with E-state index in [4.69, 9.17) is 0 Å². The molecule has 1 rings (SSSR count). The molecule has 1 aromatic carbocycles. The number of aryl methyl sites for hydroxylation is 2. The van der Waals surface area contributed by atoms with Gasteiger partial charge in [0.2, 0.25) is 0 Å². The third kappa shape index (κ3) is 1.93. The molecule has 0 aliphatic carbocycles. The van der Waals surface area contributed by atoms with Crippen molar-refractivity contribution in [3.63, 3.8) is 0 Å². The molecule has 1 heteroatoms. The van der Waals surface area contributed by atoms with E-state index in [1.807, 2.05) is 0 Å². The highest BCUT2D eigenvalue weighted by Crippen LogP contribution is 2.19. The molecule has 0 bridgehead atoms. The second-order valence-corrected chi connectivity index (χ2v) is 3.85. The Hall–Kier alpha value is -0.560. The molecule has 0 aromatic heterocycles. The van der Waals surface area contributed by atoms with Crippen LogP contribution in [0.1, 0.15) is 18.1 Å². The zero-order valence-corrected chi connectivity index (χ0v) is 8.15. The van der Waals surface area contributed by atoms with Crippen LogP contribution in [0.3, 0.4) is 0 Å². The topological polar surface area (TPSA) is 0 Å². The molecule has 0 radical (unpaired) electrons. The van der Waals surface area contributed by atoms with E-state index in [-0.39, 0.29) is 0 Å². The van der Waals surface area contributed by atoms with Gasteiger partial charge in [0.1, 0.15) is 0 Å². The van der Waals surface area contributed by atoms with Crippen LogP contribution >= 0.6 is 11.4 Å². The Morgan fingerprint density at radius 2 is 1.73 bits per heavy atom. The van der Waals surface area contributed by atoms with Gasteiger partial charge in [-0.2, -0.15) is 11.4 Å². The van der Waals surface area contributed by atoms with Crippen molar-refractivity contribution in [3.8, 4) is 0 Å². The van der Waals surface area contributed by atoms with Crippen molar-refractivity contribution >= 4 is 16.7 Å². The maximum absolute atomic E-state index is 2.18. The molecule has 0 heterocycles. The summed E-state index contributed by atoms with van der Waals surface area (Å²) in [6.45, 7) is 6.42. The molecule has 11 heavy (non-hydrogen) atoms. The van der Waals surface area contributed by atoms with E-state index in [0.717, 1.165) is 0 Å². The van der Waals surface area contributed by atoms with Crippen LogP contribution in [0.4, 0.5) is 0 Å². The van der Waals surface area contributed by atoms with Gasteiger partial charge in [0.15, 0.2) is 0 Å². The normalized spacial score (nSPS) is 11.5. The van der Waals surface area contributed by atoms with E-state index in [2.05, 4.69) is 44.3 Å². The standard InChI is InChI=1S/C10H14S/c1-4-11-10-8(2)6-5-7-9(10)3/h4-7,11H,1-3H3. The van der Waals surface area contributed by atoms with Crippen LogP contribution in [0.25, 0.3) is 0 Å². The van der Waals surface area contributed by atoms with E-state index < -0.39 is 0 Å². The fourth-order valence-corrected chi connectivity index (χ4v) is 1.95. The van der Waals surface area contributed by atoms with Crippen LogP contribution in [-0.4, -0.2) is 5.37 Å². The Morgan fingerprint density at radius 3 is 2.18 bits per heavy atom. The Morgan fingerprint density at radius 1 is 1.18 bits per heavy atom. The van der Waals surface area contributed by atoms with Gasteiger partial charge in [-0.3, -0.25) is 0 Å². The second kappa shape index (κ2) is 3.72. The predicted octanol–water partition coefficient (Wildman–Crippen LogP) is 2.95. The van der Waals surface area contributed by atoms with Crippen LogP contribution in [0.5, 0.6) is 0 Å². The first-order valence-electron chi connectivity index (χ1n) is 3.80. The van der Waals surface area contributed by atoms with Crippen LogP contribution in [0.2, 0.25) is 0 Å². The first-order chi connectivity index (χ1) is 5.25. The zero-order chi connectivity index (χ0) is 8.27. The Labute approximate surface area is 72.2 Å². The van der Waals surface area contributed by atoms with Crippen LogP contribution < -0.4 is 0 Å². The van der Waals surface area contributed by atoms with Crippen molar-refractivity contribution in [3.05, 3.63) is 29.3 Å². The van der Waals surface area contributed by atoms with Gasteiger partial charge < -0.3 is 0 Å². The molecule has 0 atom stereocenters. The fraction of sp³-hybridized carbons (Fsp3) is 0.300. The van der Waals surface area contributed by atoms with Gasteiger partial charge in [0, 0.05) is 4.90 Å². The molecule has 0 N–H and O–H groups in total. The maximum Gasteiger partial charge on any atom is 0.00439 e. The lowest BCUT2D eigenvalue weighted by Crippen LogP contribution is -1.81. The monoisotopic (exact) mass is 166 g/mol. The lowest BCUT2D eigenvalue weighted by atomic mass is 10.2. The molecule has 60 valence electrons. The summed E-state index contributed by atoms with van der Waals surface area (Å²) in [5, 5.41) is 2.18. The average Bonchev–Trinajstić information content (AvgIpc) is 1.97. The molecule has 0 nitrogen and oxygen atoms in total. The van der Waals surface area contributed by atoms with Gasteiger partial charge in [0.25, 0.3) is 0 Å². The zero-order valence-electron chi connectivity index (χ0n) is 7.26. The highest BCUT2D eigenvalue weighted by Gasteiger charge is 1.95. The molecular formula is C10H14S. The van der Waals surface area contributed by atoms with Crippen molar-refractivity contribution in [1.82, 2.24) is 0 Å². The Kier molecular flexibility index (Phi) is 2.89. The summed E-state index contributed by atoms with van der Waals surface area (Å²) >= 11 is 1.33. The summed E-state index contributed by atoms with van der Waals surface area (Å²) in [6, 6.07) is 6.44. The number of hydrogen-bond acceptors (Lipinski definition) is 0. The van der Waals surface area contributed by atoms with Crippen molar-refractivity contribution < 1.29 is 0 Å². The van der Waals surface area contributed by atoms with E-state index in [0.29, 0.717) is 0 Å². The SMILES string of the molecule is CC=[SH]c1c(C)cccc1C. The third-order valence-electron chi connectivity index (χ3n) is 1.70. The summed E-state index contributed by atoms with van der Waals surface area (Å²) in [5.74, 6) is 0. The van der Waals surface area contributed by atoms with Gasteiger partial charge in [0.05, 0.1) is 0 Å². The van der Waals surface area contributed by atoms with Crippen molar-refractivity contribution in [2.75, 3.05) is 0 Å². The summed E-state index contributed by atoms with van der Waals surface area (Å²) in [7, 11) is 0. The second-order valence-electron chi connectivity index (χ2n) is 2.63. The Balaban J connectivity index is 3.20. The maximum atomic E-state index is 2.18. The molecule has 0 saturated carbocycles. The summed E-state index contributed by atoms with van der Waals surface area (Å²) in [4.78, 5) is 1.45. The Bertz CT molecular complexity index is 254. The number of rotatable bonds is 1. The fourth-order valence-electron chi connectivity index (χ4n) is 1.14. The first-order valence-corrected chi connectivity index (χ1v) is 4.77. The summed E-state index contributed by atoms with van der Waals surface area (Å²) < 4.78 is 0. The summed E-state index contributed by atoms with van der Waals surface area (Å²) in [5.41, 5.74) is 2.79. The highest BCUT2D eigenvalue weighted by atomic mass is 32.1. The lowest BCUT2D eigenvalue weighted by Gasteiger charge is -2.03. The minimum absolute atomic E-state index is 1.33. The molecular weight excluding hydrogens is 152 g/mol. The van der Waals surface area contributed by atoms with E-state index in [9.17, 15) is 0 Å². The van der Waals surface area contributed by atoms with Crippen LogP contribution in [0.15, 0.2) is 23.1 Å². The number of hydrogen-bond donors (Lipinski definition) is 1. The smallest absolute Gasteiger partial charge is 0.00439 e. The van der Waals surface area contributed by atoms with Gasteiger partial charge in [-0.15, -0.1) is 0 Å². The molecule has 0 unspecified atom stereocenters. The molecule has 0 aliphatic heterocycles. The quantitative estimate of drug-likeness (QED) is 0.481. The largest absolute Gasteiger partial charge is 0.173 e. The van der Waals surface area contributed by atoms with Gasteiger partial charge in [-0.05, 0) is 31.9 Å². The van der Waals surface area contributed by atoms with E-state index in [1.54, 1.807) is 0 Å². The van der Waals surface area contributed by atoms with Gasteiger partial charge in [-0.25, -0.2) is 0 Å². The molecule has 0 spiro atoms. The lowest BCUT2D eigenvalue weighted by molar-refractivity contribution is 1.22. The van der Waals surface area contributed by atoms with Crippen molar-refractivity contribution in [1.29, 1.82) is 0 Å². The predicted molar refractivity (Wildman–Crippen MR) is 54.9 cm³/mol. The molecule has 0 aliphatic rings. The minimum atomic E-state index is 1.33. The van der Waals surface area contributed by atoms with Crippen LogP contribution in [0, 0.1) is 13.8 Å². The highest BCUT2D eigenvalue weighted by molar-refractivity contribution is 7.97. The van der Waals surface area contributed by atoms with Crippen molar-refractivity contribution in [2.45, 2.75) is 25.7 Å². The third-order valence-corrected chi connectivity index (χ3v) is 2.92. The number of thiol groups is 1. The van der Waals surface area contributed by atoms with Crippen molar-refractivity contribution in [2.24, 2.45) is 0 Å². The van der Waals surface area contributed by atoms with E-state index >= 15 is 0 Å². The number of benzene rings is 1. The first kappa shape index (κ1) is 8.54. The minimum Gasteiger partial charge on any atom is -0.173 e. The van der Waals surface area contributed by atoms with E-state index in [1.165, 1.54) is 27.4 Å². The molecule has 1 aromatic rings. The summed E-state index contributed by atoms with van der Waals surface area (Å²) in [6.07, 6.45) is 0. The molecule has 0 amide bonds. The van der Waals surface area contributed by atoms with Crippen LogP contribution in [-0.2, 0) is 0 Å². The molecule has 0 fully saturated rings.